The van der Waals surface area contributed by atoms with Crippen molar-refractivity contribution in [3.05, 3.63) is 35.4 Å². The van der Waals surface area contributed by atoms with Gasteiger partial charge in [-0.2, -0.15) is 8.42 Å². The normalized spacial score (nSPS) is 12.6. The molecule has 1 rings (SSSR count). The molecular weight excluding hydrogens is 310 g/mol. The molecule has 0 radical (unpaired) electrons. The maximum atomic E-state index is 12.2. The molecule has 0 bridgehead atoms. The molecule has 0 aromatic heterocycles. The fourth-order valence-corrected chi connectivity index (χ4v) is 2.60. The second-order valence-electron chi connectivity index (χ2n) is 4.87. The number of aliphatic carboxylic acids is 1. The number of nitrogens with one attached hydrogen (secondary N) is 1. The van der Waals surface area contributed by atoms with Crippen molar-refractivity contribution in [3.63, 3.8) is 0 Å². The van der Waals surface area contributed by atoms with E-state index in [1.54, 1.807) is 24.3 Å². The monoisotopic (exact) mass is 329 g/mol. The summed E-state index contributed by atoms with van der Waals surface area (Å²) in [4.78, 5) is 23.2. The number of hydrogen-bond donors (Lipinski definition) is 3. The summed E-state index contributed by atoms with van der Waals surface area (Å²) in [6.45, 7) is 2.01. The third-order valence-corrected chi connectivity index (χ3v) is 3.80. The average molecular weight is 329 g/mol. The minimum absolute atomic E-state index is 0.303. The zero-order valence-electron chi connectivity index (χ0n) is 12.2. The SMILES string of the molecule is CCCCc1ccccc1C(=O)N[C@@H](CS(=O)(=O)O)C(=O)O. The van der Waals surface area contributed by atoms with Gasteiger partial charge in [0.25, 0.3) is 16.0 Å². The lowest BCUT2D eigenvalue weighted by molar-refractivity contribution is -0.138. The summed E-state index contributed by atoms with van der Waals surface area (Å²) >= 11 is 0. The van der Waals surface area contributed by atoms with Crippen molar-refractivity contribution in [2.75, 3.05) is 5.75 Å². The van der Waals surface area contributed by atoms with E-state index in [0.717, 1.165) is 18.4 Å². The van der Waals surface area contributed by atoms with Gasteiger partial charge in [0.2, 0.25) is 0 Å². The lowest BCUT2D eigenvalue weighted by atomic mass is 10.0. The highest BCUT2D eigenvalue weighted by Gasteiger charge is 2.26. The van der Waals surface area contributed by atoms with Crippen LogP contribution in [0.1, 0.15) is 35.7 Å². The molecule has 1 amide bonds. The van der Waals surface area contributed by atoms with Crippen molar-refractivity contribution in [3.8, 4) is 0 Å². The molecule has 8 heteroatoms. The van der Waals surface area contributed by atoms with Gasteiger partial charge in [0.1, 0.15) is 11.8 Å². The predicted molar refractivity (Wildman–Crippen MR) is 80.4 cm³/mol. The highest BCUT2D eigenvalue weighted by molar-refractivity contribution is 7.85. The van der Waals surface area contributed by atoms with Crippen molar-refractivity contribution in [1.29, 1.82) is 0 Å². The molecule has 0 unspecified atom stereocenters. The summed E-state index contributed by atoms with van der Waals surface area (Å²) in [6.07, 6.45) is 2.48. The number of carbonyl (C=O) groups is 2. The molecule has 122 valence electrons. The molecule has 1 aromatic carbocycles. The number of aryl methyl sites for hydroxylation is 1. The van der Waals surface area contributed by atoms with Gasteiger partial charge in [0.15, 0.2) is 0 Å². The lowest BCUT2D eigenvalue weighted by Crippen LogP contribution is -2.45. The molecule has 0 saturated carbocycles. The molecule has 0 heterocycles. The molecule has 0 spiro atoms. The molecule has 0 aliphatic carbocycles. The first kappa shape index (κ1) is 18.1. The second kappa shape index (κ2) is 7.90. The summed E-state index contributed by atoms with van der Waals surface area (Å²) in [6, 6.07) is 5.02. The molecule has 1 aromatic rings. The van der Waals surface area contributed by atoms with Gasteiger partial charge in [-0.3, -0.25) is 9.35 Å². The van der Waals surface area contributed by atoms with Crippen LogP contribution in [0.15, 0.2) is 24.3 Å². The summed E-state index contributed by atoms with van der Waals surface area (Å²) in [5, 5.41) is 11.1. The third-order valence-electron chi connectivity index (χ3n) is 3.04. The zero-order valence-corrected chi connectivity index (χ0v) is 13.0. The van der Waals surface area contributed by atoms with E-state index in [0.29, 0.717) is 12.0 Å². The van der Waals surface area contributed by atoms with Crippen LogP contribution in [-0.4, -0.2) is 41.7 Å². The van der Waals surface area contributed by atoms with Crippen molar-refractivity contribution < 1.29 is 27.7 Å². The number of benzene rings is 1. The number of hydrogen-bond acceptors (Lipinski definition) is 4. The molecule has 3 N–H and O–H groups in total. The maximum absolute atomic E-state index is 12.2. The van der Waals surface area contributed by atoms with Gasteiger partial charge in [-0.25, -0.2) is 4.79 Å². The molecule has 0 aliphatic rings. The Morgan fingerprint density at radius 3 is 2.45 bits per heavy atom. The molecule has 1 atom stereocenters. The van der Waals surface area contributed by atoms with E-state index >= 15 is 0 Å². The van der Waals surface area contributed by atoms with E-state index in [2.05, 4.69) is 5.32 Å². The summed E-state index contributed by atoms with van der Waals surface area (Å²) in [7, 11) is -4.52. The Balaban J connectivity index is 2.93. The number of amides is 1. The van der Waals surface area contributed by atoms with Crippen molar-refractivity contribution in [2.24, 2.45) is 0 Å². The van der Waals surface area contributed by atoms with Crippen LogP contribution in [0.3, 0.4) is 0 Å². The predicted octanol–water partition coefficient (Wildman–Crippen LogP) is 1.10. The molecule has 0 fully saturated rings. The summed E-state index contributed by atoms with van der Waals surface area (Å²) < 4.78 is 30.4. The third kappa shape index (κ3) is 5.82. The maximum Gasteiger partial charge on any atom is 0.327 e. The van der Waals surface area contributed by atoms with Crippen LogP contribution in [0.25, 0.3) is 0 Å². The average Bonchev–Trinajstić information content (AvgIpc) is 2.43. The van der Waals surface area contributed by atoms with Gasteiger partial charge in [-0.05, 0) is 24.5 Å². The standard InChI is InChI=1S/C14H19NO6S/c1-2-3-6-10-7-4-5-8-11(10)13(16)15-12(14(17)18)9-22(19,20)21/h4-5,7-8,12H,2-3,6,9H2,1H3,(H,15,16)(H,17,18)(H,19,20,21)/t12-/m0/s1. The largest absolute Gasteiger partial charge is 0.480 e. The number of rotatable bonds is 8. The molecule has 0 aliphatic heterocycles. The van der Waals surface area contributed by atoms with Gasteiger partial charge in [-0.15, -0.1) is 0 Å². The van der Waals surface area contributed by atoms with E-state index in [4.69, 9.17) is 9.66 Å². The van der Waals surface area contributed by atoms with Gasteiger partial charge in [0, 0.05) is 5.56 Å². The first-order chi connectivity index (χ1) is 10.2. The van der Waals surface area contributed by atoms with Gasteiger partial charge < -0.3 is 10.4 Å². The van der Waals surface area contributed by atoms with E-state index in [1.807, 2.05) is 6.92 Å². The number of carboxylic acids is 1. The molecule has 22 heavy (non-hydrogen) atoms. The number of carboxylic acid groups (broad SMARTS) is 1. The van der Waals surface area contributed by atoms with Crippen LogP contribution in [0.5, 0.6) is 0 Å². The molecule has 7 nitrogen and oxygen atoms in total. The highest BCUT2D eigenvalue weighted by Crippen LogP contribution is 2.12. The number of unbranched alkanes of at least 4 members (excludes halogenated alkanes) is 1. The van der Waals surface area contributed by atoms with E-state index < -0.39 is 33.8 Å². The zero-order chi connectivity index (χ0) is 16.8. The van der Waals surface area contributed by atoms with Crippen LogP contribution in [-0.2, 0) is 21.3 Å². The Kier molecular flexibility index (Phi) is 6.51. The first-order valence-electron chi connectivity index (χ1n) is 6.81. The Hall–Kier alpha value is -1.93. The van der Waals surface area contributed by atoms with E-state index in [1.165, 1.54) is 0 Å². The Morgan fingerprint density at radius 2 is 1.91 bits per heavy atom. The summed E-state index contributed by atoms with van der Waals surface area (Å²) in [5.74, 6) is -3.29. The topological polar surface area (TPSA) is 121 Å². The van der Waals surface area contributed by atoms with Crippen LogP contribution < -0.4 is 5.32 Å². The number of carbonyl (C=O) groups excluding carboxylic acids is 1. The van der Waals surface area contributed by atoms with Crippen LogP contribution in [0.4, 0.5) is 0 Å². The lowest BCUT2D eigenvalue weighted by Gasteiger charge is -2.15. The first-order valence-corrected chi connectivity index (χ1v) is 8.42. The van der Waals surface area contributed by atoms with Crippen LogP contribution >= 0.6 is 0 Å². The second-order valence-corrected chi connectivity index (χ2v) is 6.37. The Morgan fingerprint density at radius 1 is 1.27 bits per heavy atom. The van der Waals surface area contributed by atoms with Crippen molar-refractivity contribution in [1.82, 2.24) is 5.32 Å². The smallest absolute Gasteiger partial charge is 0.327 e. The quantitative estimate of drug-likeness (QED) is 0.614. The fourth-order valence-electron chi connectivity index (χ4n) is 1.95. The van der Waals surface area contributed by atoms with Gasteiger partial charge in [-0.1, -0.05) is 31.5 Å². The summed E-state index contributed by atoms with van der Waals surface area (Å²) in [5.41, 5.74) is 1.07. The fraction of sp³-hybridized carbons (Fsp3) is 0.429. The highest BCUT2D eigenvalue weighted by atomic mass is 32.2. The Labute approximate surface area is 129 Å². The van der Waals surface area contributed by atoms with E-state index in [9.17, 15) is 18.0 Å². The van der Waals surface area contributed by atoms with Crippen LogP contribution in [0.2, 0.25) is 0 Å². The van der Waals surface area contributed by atoms with Gasteiger partial charge in [0.05, 0.1) is 0 Å². The molecular formula is C14H19NO6S. The molecule has 0 saturated heterocycles. The van der Waals surface area contributed by atoms with E-state index in [-0.39, 0.29) is 0 Å². The minimum atomic E-state index is -4.52. The van der Waals surface area contributed by atoms with Crippen molar-refractivity contribution in [2.45, 2.75) is 32.2 Å². The van der Waals surface area contributed by atoms with Gasteiger partial charge >= 0.3 is 5.97 Å². The van der Waals surface area contributed by atoms with Crippen LogP contribution in [0, 0.1) is 0 Å². The Bertz CT molecular complexity index is 640. The minimum Gasteiger partial charge on any atom is -0.480 e. The van der Waals surface area contributed by atoms with Crippen molar-refractivity contribution >= 4 is 22.0 Å².